The molecule has 0 saturated carbocycles. The highest BCUT2D eigenvalue weighted by atomic mass is 16.3. The monoisotopic (exact) mass is 154 g/mol. The molecule has 0 radical (unpaired) electrons. The highest BCUT2D eigenvalue weighted by Gasteiger charge is 2.09. The van der Waals surface area contributed by atoms with Crippen molar-refractivity contribution >= 4 is 0 Å². The molecule has 11 heavy (non-hydrogen) atoms. The van der Waals surface area contributed by atoms with E-state index in [1.807, 2.05) is 14.0 Å². The van der Waals surface area contributed by atoms with Gasteiger partial charge in [-0.1, -0.05) is 13.3 Å². The van der Waals surface area contributed by atoms with Gasteiger partial charge >= 0.3 is 0 Å². The summed E-state index contributed by atoms with van der Waals surface area (Å²) in [6.07, 6.45) is 1.87. The first-order valence-corrected chi connectivity index (χ1v) is 3.88. The smallest absolute Gasteiger partial charge is 0.159 e. The minimum Gasteiger partial charge on any atom is -0.504 e. The SMILES string of the molecule is CCCc1nn(C)c(C)c1O. The Kier molecular flexibility index (Phi) is 2.17. The quantitative estimate of drug-likeness (QED) is 0.699. The third-order valence-electron chi connectivity index (χ3n) is 1.86. The van der Waals surface area contributed by atoms with Gasteiger partial charge < -0.3 is 5.11 Å². The Hall–Kier alpha value is -0.990. The molecule has 0 spiro atoms. The van der Waals surface area contributed by atoms with Crippen LogP contribution in [0.4, 0.5) is 0 Å². The molecule has 0 aliphatic rings. The van der Waals surface area contributed by atoms with Crippen molar-refractivity contribution in [3.05, 3.63) is 11.4 Å². The summed E-state index contributed by atoms with van der Waals surface area (Å²) in [6, 6.07) is 0. The standard InChI is InChI=1S/C8H14N2O/c1-4-5-7-8(11)6(2)10(3)9-7/h11H,4-5H2,1-3H3. The minimum atomic E-state index is 0.356. The first kappa shape index (κ1) is 8.11. The van der Waals surface area contributed by atoms with Crippen molar-refractivity contribution in [3.63, 3.8) is 0 Å². The lowest BCUT2D eigenvalue weighted by molar-refractivity contribution is 0.462. The molecular weight excluding hydrogens is 140 g/mol. The summed E-state index contributed by atoms with van der Waals surface area (Å²) < 4.78 is 1.71. The molecule has 3 heteroatoms. The predicted molar refractivity (Wildman–Crippen MR) is 43.6 cm³/mol. The van der Waals surface area contributed by atoms with E-state index in [1.54, 1.807) is 4.68 Å². The molecule has 0 aliphatic carbocycles. The van der Waals surface area contributed by atoms with Gasteiger partial charge in [-0.05, 0) is 13.3 Å². The maximum atomic E-state index is 9.47. The first-order valence-electron chi connectivity index (χ1n) is 3.88. The number of hydrogen-bond donors (Lipinski definition) is 1. The van der Waals surface area contributed by atoms with E-state index in [4.69, 9.17) is 0 Å². The number of nitrogens with zero attached hydrogens (tertiary/aromatic N) is 2. The Morgan fingerprint density at radius 3 is 2.55 bits per heavy atom. The topological polar surface area (TPSA) is 38.0 Å². The van der Waals surface area contributed by atoms with E-state index in [2.05, 4.69) is 12.0 Å². The Labute approximate surface area is 66.7 Å². The van der Waals surface area contributed by atoms with Crippen LogP contribution in [-0.4, -0.2) is 14.9 Å². The second kappa shape index (κ2) is 2.95. The number of aromatic hydroxyl groups is 1. The Morgan fingerprint density at radius 2 is 2.18 bits per heavy atom. The maximum Gasteiger partial charge on any atom is 0.159 e. The highest BCUT2D eigenvalue weighted by Crippen LogP contribution is 2.20. The lowest BCUT2D eigenvalue weighted by Crippen LogP contribution is -1.93. The van der Waals surface area contributed by atoms with E-state index >= 15 is 0 Å². The fourth-order valence-corrected chi connectivity index (χ4v) is 1.07. The van der Waals surface area contributed by atoms with Gasteiger partial charge in [0.15, 0.2) is 5.75 Å². The van der Waals surface area contributed by atoms with E-state index in [-0.39, 0.29) is 0 Å². The lowest BCUT2D eigenvalue weighted by atomic mass is 10.2. The molecule has 1 rings (SSSR count). The van der Waals surface area contributed by atoms with Crippen LogP contribution in [-0.2, 0) is 13.5 Å². The molecule has 1 N–H and O–H groups in total. The van der Waals surface area contributed by atoms with Crippen molar-refractivity contribution in [2.24, 2.45) is 7.05 Å². The van der Waals surface area contributed by atoms with Gasteiger partial charge in [-0.15, -0.1) is 0 Å². The molecule has 0 unspecified atom stereocenters. The lowest BCUT2D eigenvalue weighted by Gasteiger charge is -1.91. The number of rotatable bonds is 2. The number of aryl methyl sites for hydroxylation is 2. The summed E-state index contributed by atoms with van der Waals surface area (Å²) in [7, 11) is 1.84. The molecule has 0 aromatic carbocycles. The van der Waals surface area contributed by atoms with Crippen molar-refractivity contribution in [1.29, 1.82) is 0 Å². The molecule has 0 bridgehead atoms. The van der Waals surface area contributed by atoms with E-state index in [9.17, 15) is 5.11 Å². The predicted octanol–water partition coefficient (Wildman–Crippen LogP) is 1.39. The van der Waals surface area contributed by atoms with Gasteiger partial charge in [0.05, 0.1) is 5.69 Å². The van der Waals surface area contributed by atoms with Crippen LogP contribution >= 0.6 is 0 Å². The van der Waals surface area contributed by atoms with Crippen molar-refractivity contribution in [2.75, 3.05) is 0 Å². The normalized spacial score (nSPS) is 10.5. The molecule has 62 valence electrons. The number of hydrogen-bond acceptors (Lipinski definition) is 2. The molecule has 0 atom stereocenters. The van der Waals surface area contributed by atoms with Crippen LogP contribution in [0.2, 0.25) is 0 Å². The average Bonchev–Trinajstić information content (AvgIpc) is 2.19. The van der Waals surface area contributed by atoms with E-state index in [0.29, 0.717) is 5.75 Å². The minimum absolute atomic E-state index is 0.356. The van der Waals surface area contributed by atoms with Gasteiger partial charge in [-0.2, -0.15) is 5.10 Å². The van der Waals surface area contributed by atoms with Crippen molar-refractivity contribution in [1.82, 2.24) is 9.78 Å². The molecular formula is C8H14N2O. The fourth-order valence-electron chi connectivity index (χ4n) is 1.07. The molecule has 1 aromatic rings. The summed E-state index contributed by atoms with van der Waals surface area (Å²) in [5, 5.41) is 13.6. The molecule has 1 heterocycles. The Bertz CT molecular complexity index is 253. The third kappa shape index (κ3) is 1.37. The van der Waals surface area contributed by atoms with Crippen LogP contribution in [0.3, 0.4) is 0 Å². The first-order chi connectivity index (χ1) is 5.16. The second-order valence-corrected chi connectivity index (χ2v) is 2.75. The zero-order valence-electron chi connectivity index (χ0n) is 7.26. The maximum absolute atomic E-state index is 9.47. The van der Waals surface area contributed by atoms with Gasteiger partial charge in [0.2, 0.25) is 0 Å². The fraction of sp³-hybridized carbons (Fsp3) is 0.625. The summed E-state index contributed by atoms with van der Waals surface area (Å²) >= 11 is 0. The van der Waals surface area contributed by atoms with Crippen LogP contribution < -0.4 is 0 Å². The van der Waals surface area contributed by atoms with Crippen LogP contribution in [0.5, 0.6) is 5.75 Å². The molecule has 3 nitrogen and oxygen atoms in total. The third-order valence-corrected chi connectivity index (χ3v) is 1.86. The van der Waals surface area contributed by atoms with Crippen molar-refractivity contribution in [3.8, 4) is 5.75 Å². The molecule has 0 amide bonds. The van der Waals surface area contributed by atoms with Gasteiger partial charge in [0.1, 0.15) is 5.69 Å². The van der Waals surface area contributed by atoms with Gasteiger partial charge in [-0.3, -0.25) is 4.68 Å². The van der Waals surface area contributed by atoms with Gasteiger partial charge in [-0.25, -0.2) is 0 Å². The second-order valence-electron chi connectivity index (χ2n) is 2.75. The highest BCUT2D eigenvalue weighted by molar-refractivity contribution is 5.30. The van der Waals surface area contributed by atoms with Crippen LogP contribution in [0.15, 0.2) is 0 Å². The molecule has 0 saturated heterocycles. The molecule has 1 aromatic heterocycles. The van der Waals surface area contributed by atoms with Crippen LogP contribution in [0.25, 0.3) is 0 Å². The van der Waals surface area contributed by atoms with E-state index in [0.717, 1.165) is 24.2 Å². The van der Waals surface area contributed by atoms with Crippen molar-refractivity contribution in [2.45, 2.75) is 26.7 Å². The van der Waals surface area contributed by atoms with E-state index < -0.39 is 0 Å². The van der Waals surface area contributed by atoms with Crippen LogP contribution in [0, 0.1) is 6.92 Å². The summed E-state index contributed by atoms with van der Waals surface area (Å²) in [4.78, 5) is 0. The van der Waals surface area contributed by atoms with Crippen LogP contribution in [0.1, 0.15) is 24.7 Å². The zero-order chi connectivity index (χ0) is 8.43. The summed E-state index contributed by atoms with van der Waals surface area (Å²) in [5.41, 5.74) is 1.65. The van der Waals surface area contributed by atoms with Gasteiger partial charge in [0, 0.05) is 7.05 Å². The van der Waals surface area contributed by atoms with Gasteiger partial charge in [0.25, 0.3) is 0 Å². The summed E-state index contributed by atoms with van der Waals surface area (Å²) in [6.45, 7) is 3.94. The van der Waals surface area contributed by atoms with Crippen molar-refractivity contribution < 1.29 is 5.11 Å². The molecule has 0 fully saturated rings. The molecule has 0 aliphatic heterocycles. The summed E-state index contributed by atoms with van der Waals surface area (Å²) in [5.74, 6) is 0.356. The largest absolute Gasteiger partial charge is 0.504 e. The Balaban J connectivity index is 2.98. The number of aromatic nitrogens is 2. The Morgan fingerprint density at radius 1 is 1.55 bits per heavy atom. The average molecular weight is 154 g/mol. The zero-order valence-corrected chi connectivity index (χ0v) is 7.26. The van der Waals surface area contributed by atoms with E-state index in [1.165, 1.54) is 0 Å².